The van der Waals surface area contributed by atoms with Gasteiger partial charge in [-0.3, -0.25) is 9.89 Å². The number of hydrogen-bond donors (Lipinski definition) is 2. The van der Waals surface area contributed by atoms with Gasteiger partial charge in [0.1, 0.15) is 0 Å². The number of fused-ring (bicyclic) bond motifs is 1. The fourth-order valence-electron chi connectivity index (χ4n) is 2.49. The van der Waals surface area contributed by atoms with E-state index in [9.17, 15) is 13.2 Å². The van der Waals surface area contributed by atoms with E-state index in [1.54, 1.807) is 12.1 Å². The second-order valence-corrected chi connectivity index (χ2v) is 7.67. The quantitative estimate of drug-likeness (QED) is 0.761. The zero-order chi connectivity index (χ0) is 17.3. The van der Waals surface area contributed by atoms with Crippen molar-refractivity contribution >= 4 is 26.6 Å². The van der Waals surface area contributed by atoms with Gasteiger partial charge in [-0.15, -0.1) is 0 Å². The monoisotopic (exact) mass is 343 g/mol. The number of sulfone groups is 1. The first-order valence-electron chi connectivity index (χ1n) is 7.40. The van der Waals surface area contributed by atoms with Crippen molar-refractivity contribution in [1.82, 2.24) is 15.5 Å². The molecule has 0 radical (unpaired) electrons. The number of para-hydroxylation sites is 1. The Labute approximate surface area is 139 Å². The maximum atomic E-state index is 12.4. The molecule has 0 aliphatic rings. The Hall–Kier alpha value is -2.67. The first-order chi connectivity index (χ1) is 11.4. The highest BCUT2D eigenvalue weighted by molar-refractivity contribution is 7.90. The number of aromatic nitrogens is 2. The molecule has 0 bridgehead atoms. The molecule has 0 aliphatic carbocycles. The molecule has 2 aromatic carbocycles. The molecule has 6 nitrogen and oxygen atoms in total. The van der Waals surface area contributed by atoms with Gasteiger partial charge < -0.3 is 5.32 Å². The van der Waals surface area contributed by atoms with Crippen LogP contribution in [0.25, 0.3) is 10.9 Å². The lowest BCUT2D eigenvalue weighted by Gasteiger charge is -2.14. The third-order valence-corrected chi connectivity index (χ3v) is 4.97. The highest BCUT2D eigenvalue weighted by Crippen LogP contribution is 2.19. The summed E-state index contributed by atoms with van der Waals surface area (Å²) in [5.41, 5.74) is 1.95. The van der Waals surface area contributed by atoms with Gasteiger partial charge in [0.2, 0.25) is 0 Å². The maximum absolute atomic E-state index is 12.4. The van der Waals surface area contributed by atoms with E-state index in [0.717, 1.165) is 22.7 Å². The molecule has 0 aliphatic heterocycles. The summed E-state index contributed by atoms with van der Waals surface area (Å²) in [6.07, 6.45) is 1.16. The molecule has 0 spiro atoms. The molecule has 3 rings (SSSR count). The molecule has 1 heterocycles. The Bertz CT molecular complexity index is 991. The van der Waals surface area contributed by atoms with Crippen LogP contribution < -0.4 is 5.32 Å². The fourth-order valence-corrected chi connectivity index (χ4v) is 3.12. The van der Waals surface area contributed by atoms with Crippen LogP contribution in [0, 0.1) is 0 Å². The highest BCUT2D eigenvalue weighted by Gasteiger charge is 2.17. The summed E-state index contributed by atoms with van der Waals surface area (Å²) in [4.78, 5) is 12.7. The Morgan fingerprint density at radius 2 is 1.79 bits per heavy atom. The van der Waals surface area contributed by atoms with E-state index < -0.39 is 9.84 Å². The first kappa shape index (κ1) is 16.2. The summed E-state index contributed by atoms with van der Waals surface area (Å²) in [7, 11) is -3.23. The van der Waals surface area contributed by atoms with Crippen LogP contribution in [0.5, 0.6) is 0 Å². The third kappa shape index (κ3) is 3.16. The largest absolute Gasteiger partial charge is 0.344 e. The van der Waals surface area contributed by atoms with Crippen molar-refractivity contribution in [3.63, 3.8) is 0 Å². The average Bonchev–Trinajstić information content (AvgIpc) is 2.98. The Kier molecular flexibility index (Phi) is 4.11. The van der Waals surface area contributed by atoms with Crippen LogP contribution in [0.2, 0.25) is 0 Å². The van der Waals surface area contributed by atoms with E-state index >= 15 is 0 Å². The van der Waals surface area contributed by atoms with Crippen molar-refractivity contribution in [3.8, 4) is 0 Å². The molecule has 7 heteroatoms. The van der Waals surface area contributed by atoms with E-state index in [4.69, 9.17) is 0 Å². The van der Waals surface area contributed by atoms with Crippen LogP contribution in [0.3, 0.4) is 0 Å². The number of nitrogens with zero attached hydrogens (tertiary/aromatic N) is 1. The summed E-state index contributed by atoms with van der Waals surface area (Å²) < 4.78 is 23.0. The van der Waals surface area contributed by atoms with Crippen LogP contribution in [-0.4, -0.2) is 30.8 Å². The van der Waals surface area contributed by atoms with Crippen molar-refractivity contribution in [2.75, 3.05) is 6.26 Å². The van der Waals surface area contributed by atoms with Crippen molar-refractivity contribution in [1.29, 1.82) is 0 Å². The lowest BCUT2D eigenvalue weighted by molar-refractivity contribution is 0.0936. The average molecular weight is 343 g/mol. The van der Waals surface area contributed by atoms with Crippen LogP contribution in [0.4, 0.5) is 0 Å². The van der Waals surface area contributed by atoms with E-state index in [2.05, 4.69) is 15.5 Å². The molecule has 0 saturated carbocycles. The van der Waals surface area contributed by atoms with Crippen molar-refractivity contribution in [3.05, 3.63) is 59.8 Å². The van der Waals surface area contributed by atoms with E-state index in [-0.39, 0.29) is 16.8 Å². The number of H-pyrrole nitrogens is 1. The minimum atomic E-state index is -3.23. The van der Waals surface area contributed by atoms with Gasteiger partial charge in [0.15, 0.2) is 15.5 Å². The van der Waals surface area contributed by atoms with Gasteiger partial charge >= 0.3 is 0 Å². The van der Waals surface area contributed by atoms with Gasteiger partial charge in [-0.25, -0.2) is 8.42 Å². The van der Waals surface area contributed by atoms with Gasteiger partial charge in [0.25, 0.3) is 5.91 Å². The number of nitrogens with one attached hydrogen (secondary N) is 2. The van der Waals surface area contributed by atoms with Crippen LogP contribution in [0.15, 0.2) is 53.4 Å². The zero-order valence-electron chi connectivity index (χ0n) is 13.3. The Balaban J connectivity index is 1.79. The number of carbonyl (C=O) groups is 1. The smallest absolute Gasteiger partial charge is 0.272 e. The van der Waals surface area contributed by atoms with Gasteiger partial charge in [0.05, 0.1) is 16.5 Å². The second-order valence-electron chi connectivity index (χ2n) is 5.65. The Morgan fingerprint density at radius 3 is 2.46 bits per heavy atom. The molecule has 124 valence electrons. The van der Waals surface area contributed by atoms with Crippen molar-refractivity contribution in [2.45, 2.75) is 17.9 Å². The predicted octanol–water partition coefficient (Wildman–Crippen LogP) is 2.46. The van der Waals surface area contributed by atoms with Gasteiger partial charge in [-0.2, -0.15) is 5.10 Å². The number of rotatable bonds is 4. The number of hydrogen-bond acceptors (Lipinski definition) is 4. The SMILES string of the molecule is CC(NC(=O)c1n[nH]c2ccccc12)c1ccc(S(C)(=O)=O)cc1. The zero-order valence-corrected chi connectivity index (χ0v) is 14.1. The Morgan fingerprint density at radius 1 is 1.12 bits per heavy atom. The molecule has 3 aromatic rings. The summed E-state index contributed by atoms with van der Waals surface area (Å²) in [5.74, 6) is -0.285. The van der Waals surface area contributed by atoms with Gasteiger partial charge in [0, 0.05) is 11.6 Å². The minimum Gasteiger partial charge on any atom is -0.344 e. The highest BCUT2D eigenvalue weighted by atomic mass is 32.2. The standard InChI is InChI=1S/C17H17N3O3S/c1-11(12-7-9-13(10-8-12)24(2,22)23)18-17(21)16-14-5-3-4-6-15(14)19-20-16/h3-11H,1-2H3,(H,18,21)(H,19,20). The minimum absolute atomic E-state index is 0.253. The summed E-state index contributed by atoms with van der Waals surface area (Å²) in [6, 6.07) is 13.6. The summed E-state index contributed by atoms with van der Waals surface area (Å²) in [6.45, 7) is 1.84. The van der Waals surface area contributed by atoms with Crippen molar-refractivity contribution < 1.29 is 13.2 Å². The van der Waals surface area contributed by atoms with Crippen LogP contribution in [0.1, 0.15) is 29.0 Å². The molecular weight excluding hydrogens is 326 g/mol. The molecular formula is C17H17N3O3S. The summed E-state index contributed by atoms with van der Waals surface area (Å²) in [5, 5.41) is 10.5. The van der Waals surface area contributed by atoms with Crippen molar-refractivity contribution in [2.24, 2.45) is 0 Å². The van der Waals surface area contributed by atoms with E-state index in [1.807, 2.05) is 31.2 Å². The van der Waals surface area contributed by atoms with E-state index in [1.165, 1.54) is 12.1 Å². The topological polar surface area (TPSA) is 91.9 Å². The number of benzene rings is 2. The summed E-state index contributed by atoms with van der Waals surface area (Å²) >= 11 is 0. The normalized spacial score (nSPS) is 12.9. The molecule has 0 fully saturated rings. The molecule has 2 N–H and O–H groups in total. The van der Waals surface area contributed by atoms with Gasteiger partial charge in [-0.1, -0.05) is 30.3 Å². The number of aromatic amines is 1. The number of amides is 1. The van der Waals surface area contributed by atoms with Crippen LogP contribution in [-0.2, 0) is 9.84 Å². The molecule has 1 atom stereocenters. The molecule has 24 heavy (non-hydrogen) atoms. The first-order valence-corrected chi connectivity index (χ1v) is 9.29. The lowest BCUT2D eigenvalue weighted by Crippen LogP contribution is -2.27. The van der Waals surface area contributed by atoms with E-state index in [0.29, 0.717) is 5.69 Å². The molecule has 1 unspecified atom stereocenters. The molecule has 1 aromatic heterocycles. The second kappa shape index (κ2) is 6.09. The number of carbonyl (C=O) groups excluding carboxylic acids is 1. The van der Waals surface area contributed by atoms with Gasteiger partial charge in [-0.05, 0) is 30.7 Å². The fraction of sp³-hybridized carbons (Fsp3) is 0.176. The van der Waals surface area contributed by atoms with Crippen LogP contribution >= 0.6 is 0 Å². The maximum Gasteiger partial charge on any atom is 0.272 e. The molecule has 1 amide bonds. The third-order valence-electron chi connectivity index (χ3n) is 3.84. The lowest BCUT2D eigenvalue weighted by atomic mass is 10.1. The predicted molar refractivity (Wildman–Crippen MR) is 91.5 cm³/mol. The molecule has 0 saturated heterocycles.